The van der Waals surface area contributed by atoms with E-state index in [1.807, 2.05) is 0 Å². The number of nitro groups is 1. The number of amides is 1. The number of hydrogen-bond donors (Lipinski definition) is 2. The Hall–Kier alpha value is -3.36. The fraction of sp³-hybridized carbons (Fsp3) is 0.250. The van der Waals surface area contributed by atoms with Gasteiger partial charge in [-0.1, -0.05) is 0 Å². The second-order valence-corrected chi connectivity index (χ2v) is 5.12. The zero-order valence-corrected chi connectivity index (χ0v) is 13.6. The number of nitro benzene ring substituents is 1. The fourth-order valence-electron chi connectivity index (χ4n) is 2.13. The molecule has 25 heavy (non-hydrogen) atoms. The van der Waals surface area contributed by atoms with E-state index in [0.29, 0.717) is 11.4 Å². The van der Waals surface area contributed by atoms with Crippen molar-refractivity contribution in [3.8, 4) is 0 Å². The van der Waals surface area contributed by atoms with Gasteiger partial charge in [-0.15, -0.1) is 0 Å². The summed E-state index contributed by atoms with van der Waals surface area (Å²) < 4.78 is 10.1. The molecule has 0 fully saturated rings. The van der Waals surface area contributed by atoms with Gasteiger partial charge in [-0.2, -0.15) is 0 Å². The van der Waals surface area contributed by atoms with Crippen molar-refractivity contribution in [2.75, 3.05) is 19.0 Å². The predicted octanol–water partition coefficient (Wildman–Crippen LogP) is 2.26. The summed E-state index contributed by atoms with van der Waals surface area (Å²) in [5, 5.41) is 16.2. The van der Waals surface area contributed by atoms with Crippen LogP contribution >= 0.6 is 0 Å². The number of non-ortho nitro benzene ring substituents is 1. The van der Waals surface area contributed by atoms with E-state index in [9.17, 15) is 19.7 Å². The molecule has 1 heterocycles. The maximum Gasteiger partial charge on any atom is 0.341 e. The van der Waals surface area contributed by atoms with Gasteiger partial charge in [0.15, 0.2) is 6.61 Å². The van der Waals surface area contributed by atoms with Crippen LogP contribution in [0.4, 0.5) is 11.4 Å². The van der Waals surface area contributed by atoms with Gasteiger partial charge < -0.3 is 19.8 Å². The van der Waals surface area contributed by atoms with Crippen molar-refractivity contribution in [1.29, 1.82) is 0 Å². The van der Waals surface area contributed by atoms with Crippen LogP contribution in [0.15, 0.2) is 41.0 Å². The largest absolute Gasteiger partial charge is 0.467 e. The molecule has 1 aromatic heterocycles. The van der Waals surface area contributed by atoms with Crippen LogP contribution in [0.3, 0.4) is 0 Å². The molecule has 1 atom stereocenters. The minimum atomic E-state index is -0.839. The van der Waals surface area contributed by atoms with Crippen LogP contribution in [-0.4, -0.2) is 30.5 Å². The minimum absolute atomic E-state index is 0.0245. The summed E-state index contributed by atoms with van der Waals surface area (Å²) in [6.45, 7) is 1.20. The first-order valence-corrected chi connectivity index (χ1v) is 7.38. The molecular formula is C16H17N3O6. The van der Waals surface area contributed by atoms with E-state index in [0.717, 1.165) is 6.07 Å². The molecule has 9 heteroatoms. The number of esters is 1. The molecule has 2 rings (SSSR count). The highest BCUT2D eigenvalue weighted by molar-refractivity contribution is 5.97. The summed E-state index contributed by atoms with van der Waals surface area (Å²) in [7, 11) is 1.57. The molecule has 0 saturated heterocycles. The quantitative estimate of drug-likeness (QED) is 0.447. The Morgan fingerprint density at radius 1 is 1.36 bits per heavy atom. The number of benzene rings is 1. The number of anilines is 1. The van der Waals surface area contributed by atoms with Gasteiger partial charge in [-0.3, -0.25) is 14.9 Å². The first-order chi connectivity index (χ1) is 11.9. The molecule has 1 amide bonds. The van der Waals surface area contributed by atoms with Gasteiger partial charge in [0.2, 0.25) is 0 Å². The highest BCUT2D eigenvalue weighted by Crippen LogP contribution is 2.22. The minimum Gasteiger partial charge on any atom is -0.467 e. The molecule has 0 radical (unpaired) electrons. The summed E-state index contributed by atoms with van der Waals surface area (Å²) in [6, 6.07) is 6.77. The molecule has 0 aliphatic heterocycles. The summed E-state index contributed by atoms with van der Waals surface area (Å²) in [6.07, 6.45) is 1.49. The molecule has 0 unspecified atom stereocenters. The molecule has 2 aromatic rings. The van der Waals surface area contributed by atoms with E-state index in [1.165, 1.54) is 18.4 Å². The van der Waals surface area contributed by atoms with E-state index in [-0.39, 0.29) is 17.3 Å². The Balaban J connectivity index is 1.98. The lowest BCUT2D eigenvalue weighted by Gasteiger charge is -2.12. The SMILES string of the molecule is CNc1ccc([N+](=O)[O-])cc1C(=O)OCC(=O)N[C@H](C)c1ccco1. The molecule has 2 N–H and O–H groups in total. The van der Waals surface area contributed by atoms with Crippen molar-refractivity contribution in [1.82, 2.24) is 5.32 Å². The van der Waals surface area contributed by atoms with E-state index < -0.39 is 23.4 Å². The van der Waals surface area contributed by atoms with Crippen molar-refractivity contribution in [3.05, 3.63) is 58.0 Å². The van der Waals surface area contributed by atoms with Gasteiger partial charge >= 0.3 is 5.97 Å². The van der Waals surface area contributed by atoms with E-state index in [1.54, 1.807) is 26.1 Å². The zero-order valence-electron chi connectivity index (χ0n) is 13.6. The van der Waals surface area contributed by atoms with Crippen LogP contribution in [0.1, 0.15) is 29.1 Å². The van der Waals surface area contributed by atoms with Gasteiger partial charge in [0, 0.05) is 24.9 Å². The molecular weight excluding hydrogens is 330 g/mol. The molecule has 0 bridgehead atoms. The monoisotopic (exact) mass is 347 g/mol. The summed E-state index contributed by atoms with van der Waals surface area (Å²) in [5.74, 6) is -0.793. The molecule has 0 saturated carbocycles. The normalized spacial score (nSPS) is 11.4. The number of rotatable bonds is 7. The Bertz CT molecular complexity index is 772. The average molecular weight is 347 g/mol. The molecule has 0 aliphatic rings. The lowest BCUT2D eigenvalue weighted by molar-refractivity contribution is -0.384. The lowest BCUT2D eigenvalue weighted by Crippen LogP contribution is -2.31. The number of nitrogens with zero attached hydrogens (tertiary/aromatic N) is 1. The highest BCUT2D eigenvalue weighted by Gasteiger charge is 2.19. The van der Waals surface area contributed by atoms with Crippen molar-refractivity contribution in [2.45, 2.75) is 13.0 Å². The number of carbonyl (C=O) groups is 2. The topological polar surface area (TPSA) is 124 Å². The summed E-state index contributed by atoms with van der Waals surface area (Å²) >= 11 is 0. The van der Waals surface area contributed by atoms with Crippen molar-refractivity contribution in [3.63, 3.8) is 0 Å². The first-order valence-electron chi connectivity index (χ1n) is 7.38. The molecule has 0 aliphatic carbocycles. The number of hydrogen-bond acceptors (Lipinski definition) is 7. The van der Waals surface area contributed by atoms with Gasteiger partial charge in [0.05, 0.1) is 22.8 Å². The third-order valence-corrected chi connectivity index (χ3v) is 3.39. The van der Waals surface area contributed by atoms with Crippen LogP contribution in [0.25, 0.3) is 0 Å². The maximum atomic E-state index is 12.1. The van der Waals surface area contributed by atoms with Gasteiger partial charge in [0.1, 0.15) is 5.76 Å². The fourth-order valence-corrected chi connectivity index (χ4v) is 2.13. The Morgan fingerprint density at radius 3 is 2.72 bits per heavy atom. The van der Waals surface area contributed by atoms with Gasteiger partial charge in [-0.05, 0) is 25.1 Å². The van der Waals surface area contributed by atoms with Crippen LogP contribution in [0.5, 0.6) is 0 Å². The van der Waals surface area contributed by atoms with Crippen LogP contribution in [-0.2, 0) is 9.53 Å². The smallest absolute Gasteiger partial charge is 0.341 e. The van der Waals surface area contributed by atoms with Crippen LogP contribution < -0.4 is 10.6 Å². The van der Waals surface area contributed by atoms with Crippen LogP contribution in [0.2, 0.25) is 0 Å². The predicted molar refractivity (Wildman–Crippen MR) is 88.2 cm³/mol. The number of furan rings is 1. The van der Waals surface area contributed by atoms with Crippen molar-refractivity contribution < 1.29 is 23.7 Å². The number of ether oxygens (including phenoxy) is 1. The summed E-state index contributed by atoms with van der Waals surface area (Å²) in [4.78, 5) is 34.2. The van der Waals surface area contributed by atoms with Crippen molar-refractivity contribution >= 4 is 23.3 Å². The van der Waals surface area contributed by atoms with Gasteiger partial charge in [-0.25, -0.2) is 4.79 Å². The van der Waals surface area contributed by atoms with Crippen LogP contribution in [0, 0.1) is 10.1 Å². The number of nitrogens with one attached hydrogen (secondary N) is 2. The van der Waals surface area contributed by atoms with E-state index in [2.05, 4.69) is 10.6 Å². The maximum absolute atomic E-state index is 12.1. The Kier molecular flexibility index (Phi) is 5.72. The molecule has 1 aromatic carbocycles. The highest BCUT2D eigenvalue weighted by atomic mass is 16.6. The summed E-state index contributed by atoms with van der Waals surface area (Å²) in [5.41, 5.74) is 0.0883. The number of carbonyl (C=O) groups excluding carboxylic acids is 2. The Morgan fingerprint density at radius 2 is 2.12 bits per heavy atom. The van der Waals surface area contributed by atoms with E-state index >= 15 is 0 Å². The molecule has 0 spiro atoms. The zero-order chi connectivity index (χ0) is 18.4. The third-order valence-electron chi connectivity index (χ3n) is 3.39. The Labute approximate surface area is 143 Å². The molecule has 9 nitrogen and oxygen atoms in total. The third kappa shape index (κ3) is 4.56. The average Bonchev–Trinajstić information content (AvgIpc) is 3.13. The second-order valence-electron chi connectivity index (χ2n) is 5.12. The van der Waals surface area contributed by atoms with Crippen molar-refractivity contribution in [2.24, 2.45) is 0 Å². The van der Waals surface area contributed by atoms with E-state index in [4.69, 9.17) is 9.15 Å². The lowest BCUT2D eigenvalue weighted by atomic mass is 10.1. The first kappa shape index (κ1) is 18.0. The standard InChI is InChI=1S/C16H17N3O6/c1-10(14-4-3-7-24-14)18-15(20)9-25-16(21)12-8-11(19(22)23)5-6-13(12)17-2/h3-8,10,17H,9H2,1-2H3,(H,18,20)/t10-/m1/s1. The van der Waals surface area contributed by atoms with Gasteiger partial charge in [0.25, 0.3) is 11.6 Å². The second kappa shape index (κ2) is 7.95. The molecule has 132 valence electrons.